The Morgan fingerprint density at radius 1 is 0.905 bits per heavy atom. The molecule has 0 unspecified atom stereocenters. The predicted molar refractivity (Wildman–Crippen MR) is 91.2 cm³/mol. The van der Waals surface area contributed by atoms with Crippen LogP contribution in [-0.4, -0.2) is 18.0 Å². The lowest BCUT2D eigenvalue weighted by Crippen LogP contribution is -2.50. The summed E-state index contributed by atoms with van der Waals surface area (Å²) in [7, 11) is -1.69. The molecule has 104 valence electrons. The van der Waals surface area contributed by atoms with Crippen molar-refractivity contribution in [3.8, 4) is 11.3 Å². The van der Waals surface area contributed by atoms with E-state index < -0.39 is 8.07 Å². The lowest BCUT2D eigenvalue weighted by Gasteiger charge is -2.19. The highest BCUT2D eigenvalue weighted by molar-refractivity contribution is 7.04. The van der Waals surface area contributed by atoms with Crippen molar-refractivity contribution in [2.75, 3.05) is 0 Å². The number of rotatable bonds is 0. The summed E-state index contributed by atoms with van der Waals surface area (Å²) in [6, 6.07) is 13.2. The number of hydrogen-bond donors (Lipinski definition) is 0. The quantitative estimate of drug-likeness (QED) is 0.595. The molecule has 0 atom stereocenters. The monoisotopic (exact) mass is 290 g/mol. The van der Waals surface area contributed by atoms with Crippen molar-refractivity contribution in [3.63, 3.8) is 0 Å². The fourth-order valence-corrected chi connectivity index (χ4v) is 7.20. The van der Waals surface area contributed by atoms with Gasteiger partial charge in [-0.25, -0.2) is 9.97 Å². The van der Waals surface area contributed by atoms with Gasteiger partial charge in [0.2, 0.25) is 0 Å². The number of aryl methyl sites for hydroxylation is 2. The van der Waals surface area contributed by atoms with Crippen LogP contribution in [0.2, 0.25) is 13.1 Å². The van der Waals surface area contributed by atoms with Gasteiger partial charge in [0, 0.05) is 11.3 Å². The molecule has 21 heavy (non-hydrogen) atoms. The van der Waals surface area contributed by atoms with Crippen LogP contribution in [0, 0.1) is 13.8 Å². The molecule has 1 aliphatic heterocycles. The number of aromatic nitrogens is 2. The number of nitrogens with zero attached hydrogens (tertiary/aromatic N) is 2. The minimum Gasteiger partial charge on any atom is -0.239 e. The molecule has 0 aliphatic carbocycles. The molecular weight excluding hydrogens is 272 g/mol. The van der Waals surface area contributed by atoms with Gasteiger partial charge in [0.1, 0.15) is 13.9 Å². The molecule has 0 amide bonds. The molecule has 0 saturated carbocycles. The van der Waals surface area contributed by atoms with Crippen molar-refractivity contribution in [1.82, 2.24) is 9.97 Å². The van der Waals surface area contributed by atoms with Gasteiger partial charge in [0.15, 0.2) is 0 Å². The van der Waals surface area contributed by atoms with Crippen molar-refractivity contribution >= 4 is 29.2 Å². The average molecular weight is 290 g/mol. The third-order valence-corrected chi connectivity index (χ3v) is 8.28. The Labute approximate surface area is 125 Å². The lowest BCUT2D eigenvalue weighted by atomic mass is 10.0. The van der Waals surface area contributed by atoms with Gasteiger partial charge in [-0.05, 0) is 35.0 Å². The van der Waals surface area contributed by atoms with Crippen molar-refractivity contribution in [3.05, 3.63) is 47.9 Å². The van der Waals surface area contributed by atoms with E-state index >= 15 is 0 Å². The average Bonchev–Trinajstić information content (AvgIpc) is 2.67. The summed E-state index contributed by atoms with van der Waals surface area (Å²) in [6.45, 7) is 8.96. The summed E-state index contributed by atoms with van der Waals surface area (Å²) in [5.41, 5.74) is 3.70. The Kier molecular flexibility index (Phi) is 2.43. The van der Waals surface area contributed by atoms with Crippen LogP contribution in [0.4, 0.5) is 0 Å². The highest BCUT2D eigenvalue weighted by Crippen LogP contribution is 2.33. The molecule has 1 aliphatic rings. The Bertz CT molecular complexity index is 897. The fraction of sp³-hybridized carbons (Fsp3) is 0.222. The Morgan fingerprint density at radius 2 is 1.67 bits per heavy atom. The first-order valence-electron chi connectivity index (χ1n) is 7.38. The molecule has 3 heteroatoms. The van der Waals surface area contributed by atoms with Crippen molar-refractivity contribution in [2.24, 2.45) is 0 Å². The van der Waals surface area contributed by atoms with Crippen molar-refractivity contribution in [1.29, 1.82) is 0 Å². The maximum absolute atomic E-state index is 4.83. The zero-order valence-corrected chi connectivity index (χ0v) is 13.9. The van der Waals surface area contributed by atoms with Gasteiger partial charge in [0.05, 0.1) is 5.69 Å². The molecule has 1 aromatic heterocycles. The number of benzene rings is 2. The molecule has 0 radical (unpaired) electrons. The standard InChI is InChI=1S/C18H18N2Si/c1-11-18-17(20-12(2)19-11)16-14-8-6-5-7-13(14)9-10-15(16)21(18,3)4/h5-10H,1-4H3. The summed E-state index contributed by atoms with van der Waals surface area (Å²) < 4.78 is 0. The van der Waals surface area contributed by atoms with E-state index in [1.807, 2.05) is 6.92 Å². The van der Waals surface area contributed by atoms with Gasteiger partial charge in [-0.3, -0.25) is 0 Å². The van der Waals surface area contributed by atoms with Gasteiger partial charge >= 0.3 is 0 Å². The molecule has 0 bridgehead atoms. The lowest BCUT2D eigenvalue weighted by molar-refractivity contribution is 1.03. The van der Waals surface area contributed by atoms with E-state index in [1.165, 1.54) is 32.4 Å². The second-order valence-electron chi connectivity index (χ2n) is 6.41. The van der Waals surface area contributed by atoms with Crippen LogP contribution >= 0.6 is 0 Å². The summed E-state index contributed by atoms with van der Waals surface area (Å²) in [4.78, 5) is 9.45. The van der Waals surface area contributed by atoms with Gasteiger partial charge in [0.25, 0.3) is 0 Å². The first-order valence-corrected chi connectivity index (χ1v) is 10.4. The van der Waals surface area contributed by atoms with Crippen molar-refractivity contribution < 1.29 is 0 Å². The van der Waals surface area contributed by atoms with Crippen LogP contribution in [-0.2, 0) is 0 Å². The second-order valence-corrected chi connectivity index (χ2v) is 10.7. The van der Waals surface area contributed by atoms with Gasteiger partial charge in [-0.2, -0.15) is 0 Å². The largest absolute Gasteiger partial charge is 0.239 e. The summed E-state index contributed by atoms with van der Waals surface area (Å²) in [6.07, 6.45) is 0. The first-order chi connectivity index (χ1) is 10.00. The van der Waals surface area contributed by atoms with Crippen LogP contribution in [0.25, 0.3) is 22.0 Å². The predicted octanol–water partition coefficient (Wildman–Crippen LogP) is 3.05. The first kappa shape index (κ1) is 12.7. The van der Waals surface area contributed by atoms with E-state index in [1.54, 1.807) is 0 Å². The maximum atomic E-state index is 4.83. The normalized spacial score (nSPS) is 15.0. The Hall–Kier alpha value is -2.00. The Morgan fingerprint density at radius 3 is 2.48 bits per heavy atom. The van der Waals surface area contributed by atoms with Crippen LogP contribution in [0.1, 0.15) is 11.5 Å². The highest BCUT2D eigenvalue weighted by Gasteiger charge is 2.41. The molecule has 2 heterocycles. The van der Waals surface area contributed by atoms with Crippen LogP contribution in [0.3, 0.4) is 0 Å². The zero-order valence-electron chi connectivity index (χ0n) is 12.9. The summed E-state index contributed by atoms with van der Waals surface area (Å²) >= 11 is 0. The third kappa shape index (κ3) is 1.58. The van der Waals surface area contributed by atoms with Crippen LogP contribution in [0.5, 0.6) is 0 Å². The molecule has 2 aromatic carbocycles. The highest BCUT2D eigenvalue weighted by atomic mass is 28.3. The molecular formula is C18H18N2Si. The van der Waals surface area contributed by atoms with Gasteiger partial charge < -0.3 is 0 Å². The van der Waals surface area contributed by atoms with Gasteiger partial charge in [-0.15, -0.1) is 0 Å². The zero-order chi connectivity index (χ0) is 14.8. The van der Waals surface area contributed by atoms with Crippen LogP contribution in [0.15, 0.2) is 36.4 Å². The minimum absolute atomic E-state index is 0.872. The topological polar surface area (TPSA) is 25.8 Å². The van der Waals surface area contributed by atoms with E-state index in [4.69, 9.17) is 4.98 Å². The number of hydrogen-bond acceptors (Lipinski definition) is 2. The maximum Gasteiger partial charge on any atom is 0.126 e. The van der Waals surface area contributed by atoms with Crippen molar-refractivity contribution in [2.45, 2.75) is 26.9 Å². The van der Waals surface area contributed by atoms with E-state index in [-0.39, 0.29) is 0 Å². The van der Waals surface area contributed by atoms with Crippen LogP contribution < -0.4 is 10.4 Å². The van der Waals surface area contributed by atoms with Gasteiger partial charge in [-0.1, -0.05) is 49.5 Å². The second kappa shape index (κ2) is 4.01. The fourth-order valence-electron chi connectivity index (χ4n) is 3.82. The smallest absolute Gasteiger partial charge is 0.126 e. The third-order valence-electron chi connectivity index (χ3n) is 4.67. The summed E-state index contributed by atoms with van der Waals surface area (Å²) in [5.74, 6) is 0.872. The number of fused-ring (bicyclic) bond motifs is 5. The molecule has 2 nitrogen and oxygen atoms in total. The van der Waals surface area contributed by atoms with E-state index in [0.29, 0.717) is 0 Å². The molecule has 0 fully saturated rings. The summed E-state index contributed by atoms with van der Waals surface area (Å²) in [5, 5.41) is 5.54. The molecule has 0 N–H and O–H groups in total. The van der Waals surface area contributed by atoms with E-state index in [0.717, 1.165) is 11.5 Å². The minimum atomic E-state index is -1.69. The SMILES string of the molecule is Cc1nc(C)c2c(n1)-c1c(ccc3ccccc13)[Si]2(C)C. The molecule has 0 saturated heterocycles. The molecule has 4 rings (SSSR count). The molecule has 0 spiro atoms. The molecule has 3 aromatic rings. The van der Waals surface area contributed by atoms with E-state index in [2.05, 4.69) is 61.4 Å². The van der Waals surface area contributed by atoms with E-state index in [9.17, 15) is 0 Å². The Balaban J connectivity index is 2.23.